The van der Waals surface area contributed by atoms with Crippen LogP contribution in [0.2, 0.25) is 0 Å². The third-order valence-electron chi connectivity index (χ3n) is 14.8. The Balaban J connectivity index is 5.26. The van der Waals surface area contributed by atoms with Crippen LogP contribution in [0.15, 0.2) is 0 Å². The lowest BCUT2D eigenvalue weighted by Crippen LogP contribution is -2.30. The van der Waals surface area contributed by atoms with Gasteiger partial charge in [-0.2, -0.15) is 0 Å². The van der Waals surface area contributed by atoms with Crippen LogP contribution in [0.3, 0.4) is 0 Å². The highest BCUT2D eigenvalue weighted by molar-refractivity contribution is 7.47. The quantitative estimate of drug-likeness (QED) is 0.0222. The van der Waals surface area contributed by atoms with E-state index in [9.17, 15) is 43.2 Å². The Morgan fingerprint density at radius 3 is 0.738 bits per heavy atom. The second-order valence-corrected chi connectivity index (χ2v) is 28.3. The fourth-order valence-corrected chi connectivity index (χ4v) is 11.2. The van der Waals surface area contributed by atoms with Gasteiger partial charge in [0, 0.05) is 25.7 Å². The summed E-state index contributed by atoms with van der Waals surface area (Å²) in [5.41, 5.74) is 0. The summed E-state index contributed by atoms with van der Waals surface area (Å²) in [5, 5.41) is 10.5. The summed E-state index contributed by atoms with van der Waals surface area (Å²) in [6.45, 7) is 13.9. The van der Waals surface area contributed by atoms with E-state index >= 15 is 0 Å². The van der Waals surface area contributed by atoms with E-state index in [0.29, 0.717) is 31.6 Å². The third kappa shape index (κ3) is 59.0. The van der Waals surface area contributed by atoms with Crippen LogP contribution in [-0.2, 0) is 65.4 Å². The van der Waals surface area contributed by atoms with Crippen LogP contribution in [0.1, 0.15) is 312 Å². The summed E-state index contributed by atoms with van der Waals surface area (Å²) in [5.74, 6) is 0.739. The zero-order valence-electron chi connectivity index (χ0n) is 54.5. The normalized spacial score (nSPS) is 14.4. The number of carbonyl (C=O) groups excluding carboxylic acids is 4. The van der Waals surface area contributed by atoms with Crippen LogP contribution >= 0.6 is 15.6 Å². The van der Waals surface area contributed by atoms with Crippen LogP contribution in [0.5, 0.6) is 0 Å². The first-order chi connectivity index (χ1) is 40.1. The Bertz CT molecular complexity index is 1680. The maximum Gasteiger partial charge on any atom is 0.472 e. The summed E-state index contributed by atoms with van der Waals surface area (Å²) in [6.07, 6.45) is 35.0. The highest BCUT2D eigenvalue weighted by Gasteiger charge is 2.30. The molecule has 0 spiro atoms. The van der Waals surface area contributed by atoms with E-state index < -0.39 is 97.5 Å². The number of rotatable bonds is 62. The number of hydrogen-bond acceptors (Lipinski definition) is 15. The molecule has 3 N–H and O–H groups in total. The number of hydrogen-bond donors (Lipinski definition) is 3. The van der Waals surface area contributed by atoms with Crippen molar-refractivity contribution in [2.45, 2.75) is 331 Å². The molecule has 0 rings (SSSR count). The molecule has 0 fully saturated rings. The molecule has 0 radical (unpaired) electrons. The number of esters is 4. The third-order valence-corrected chi connectivity index (χ3v) is 16.7. The monoisotopic (exact) mass is 1240 g/mol. The molecule has 0 aromatic rings. The number of unbranched alkanes of at least 4 members (excludes halogenated alkanes) is 28. The average Bonchev–Trinajstić information content (AvgIpc) is 3.50. The molecule has 498 valence electrons. The van der Waals surface area contributed by atoms with Gasteiger partial charge in [0.1, 0.15) is 19.3 Å². The van der Waals surface area contributed by atoms with Gasteiger partial charge in [0.05, 0.1) is 26.4 Å². The van der Waals surface area contributed by atoms with Crippen LogP contribution in [0, 0.1) is 23.7 Å². The lowest BCUT2D eigenvalue weighted by Gasteiger charge is -2.21. The molecule has 0 saturated carbocycles. The standard InChI is InChI=1S/C65H126O17P2/c1-55(2)41-33-25-17-11-9-13-21-31-39-47-64(69)81-60(51-75-62(67)45-37-29-20-16-15-19-27-35-43-57(5)6)53-79-83(71,72)77-49-59(66)50-78-84(73,74)80-54-61(52-76-63(68)46-38-30-24-23-28-36-44-58(7)8)82-65(70)48-40-32-22-14-10-12-18-26-34-42-56(3)4/h55-61,66H,9-54H2,1-8H3,(H,71,72)(H,73,74)/t59-,60-,61-/m1/s1. The summed E-state index contributed by atoms with van der Waals surface area (Å²) >= 11 is 0. The Morgan fingerprint density at radius 1 is 0.298 bits per heavy atom. The van der Waals surface area contributed by atoms with Crippen molar-refractivity contribution in [1.82, 2.24) is 0 Å². The minimum absolute atomic E-state index is 0.103. The van der Waals surface area contributed by atoms with Crippen molar-refractivity contribution in [3.63, 3.8) is 0 Å². The van der Waals surface area contributed by atoms with Crippen molar-refractivity contribution in [2.75, 3.05) is 39.6 Å². The van der Waals surface area contributed by atoms with E-state index in [1.165, 1.54) is 109 Å². The van der Waals surface area contributed by atoms with Gasteiger partial charge in [0.2, 0.25) is 0 Å². The first-order valence-corrected chi connectivity index (χ1v) is 36.7. The summed E-state index contributed by atoms with van der Waals surface area (Å²) in [4.78, 5) is 72.2. The van der Waals surface area contributed by atoms with Crippen molar-refractivity contribution in [1.29, 1.82) is 0 Å². The Morgan fingerprint density at radius 2 is 0.500 bits per heavy atom. The molecule has 0 aromatic carbocycles. The molecule has 0 amide bonds. The molecule has 0 aliphatic heterocycles. The predicted molar refractivity (Wildman–Crippen MR) is 335 cm³/mol. The SMILES string of the molecule is CC(C)CCCCCCCCCCCC(=O)O[C@H](COC(=O)CCCCCCCCCCC(C)C)COP(=O)(O)OC[C@@H](O)COP(=O)(O)OC[C@@H](COC(=O)CCCCCCCCC(C)C)OC(=O)CCCCCCCCCCCC(C)C. The summed E-state index contributed by atoms with van der Waals surface area (Å²) < 4.78 is 68.0. The number of ether oxygens (including phenoxy) is 4. The maximum atomic E-state index is 13.0. The number of aliphatic hydroxyl groups excluding tert-OH is 1. The maximum absolute atomic E-state index is 13.0. The molecule has 5 atom stereocenters. The largest absolute Gasteiger partial charge is 0.472 e. The van der Waals surface area contributed by atoms with Gasteiger partial charge >= 0.3 is 39.5 Å². The molecule has 17 nitrogen and oxygen atoms in total. The van der Waals surface area contributed by atoms with E-state index in [1.807, 2.05) is 0 Å². The van der Waals surface area contributed by atoms with Gasteiger partial charge in [-0.3, -0.25) is 37.3 Å². The van der Waals surface area contributed by atoms with E-state index in [1.54, 1.807) is 0 Å². The van der Waals surface area contributed by atoms with Gasteiger partial charge in [-0.25, -0.2) is 9.13 Å². The van der Waals surface area contributed by atoms with Crippen molar-refractivity contribution in [3.8, 4) is 0 Å². The lowest BCUT2D eigenvalue weighted by molar-refractivity contribution is -0.161. The number of carbonyl (C=O) groups is 4. The van der Waals surface area contributed by atoms with Crippen LogP contribution in [0.25, 0.3) is 0 Å². The average molecular weight is 1240 g/mol. The summed E-state index contributed by atoms with van der Waals surface area (Å²) in [6, 6.07) is 0. The number of phosphoric acid groups is 2. The molecule has 0 saturated heterocycles. The van der Waals surface area contributed by atoms with E-state index in [-0.39, 0.29) is 25.7 Å². The minimum Gasteiger partial charge on any atom is -0.462 e. The molecule has 0 heterocycles. The molecule has 0 aliphatic rings. The van der Waals surface area contributed by atoms with Crippen molar-refractivity contribution in [2.24, 2.45) is 23.7 Å². The fourth-order valence-electron chi connectivity index (χ4n) is 9.61. The number of aliphatic hydroxyl groups is 1. The first-order valence-electron chi connectivity index (χ1n) is 33.7. The van der Waals surface area contributed by atoms with Crippen LogP contribution < -0.4 is 0 Å². The first kappa shape index (κ1) is 82.1. The Labute approximate surface area is 511 Å². The second kappa shape index (κ2) is 55.2. The predicted octanol–water partition coefficient (Wildman–Crippen LogP) is 17.8. The molecular weight excluding hydrogens is 1110 g/mol. The van der Waals surface area contributed by atoms with Gasteiger partial charge < -0.3 is 33.8 Å². The molecule has 0 aromatic heterocycles. The fraction of sp³-hybridized carbons (Fsp3) is 0.938. The zero-order chi connectivity index (χ0) is 62.5. The Hall–Kier alpha value is -1.94. The van der Waals surface area contributed by atoms with Crippen molar-refractivity contribution < 1.29 is 80.2 Å². The van der Waals surface area contributed by atoms with Crippen LogP contribution in [-0.4, -0.2) is 96.7 Å². The molecule has 0 aliphatic carbocycles. The highest BCUT2D eigenvalue weighted by atomic mass is 31.2. The minimum atomic E-state index is -4.95. The van der Waals surface area contributed by atoms with Gasteiger partial charge in [0.15, 0.2) is 12.2 Å². The van der Waals surface area contributed by atoms with Crippen molar-refractivity contribution >= 4 is 39.5 Å². The molecule has 0 bridgehead atoms. The van der Waals surface area contributed by atoms with Crippen molar-refractivity contribution in [3.05, 3.63) is 0 Å². The zero-order valence-corrected chi connectivity index (χ0v) is 56.3. The lowest BCUT2D eigenvalue weighted by atomic mass is 10.0. The molecule has 84 heavy (non-hydrogen) atoms. The second-order valence-electron chi connectivity index (χ2n) is 25.4. The van der Waals surface area contributed by atoms with E-state index in [2.05, 4.69) is 55.4 Å². The van der Waals surface area contributed by atoms with Crippen LogP contribution in [0.4, 0.5) is 0 Å². The smallest absolute Gasteiger partial charge is 0.462 e. The molecular formula is C65H126O17P2. The number of phosphoric ester groups is 2. The van der Waals surface area contributed by atoms with Gasteiger partial charge in [-0.15, -0.1) is 0 Å². The molecule has 2 unspecified atom stereocenters. The summed E-state index contributed by atoms with van der Waals surface area (Å²) in [7, 11) is -9.89. The van der Waals surface area contributed by atoms with Gasteiger partial charge in [0.25, 0.3) is 0 Å². The highest BCUT2D eigenvalue weighted by Crippen LogP contribution is 2.45. The van der Waals surface area contributed by atoms with Gasteiger partial charge in [-0.05, 0) is 49.4 Å². The van der Waals surface area contributed by atoms with E-state index in [4.69, 9.17) is 37.0 Å². The van der Waals surface area contributed by atoms with E-state index in [0.717, 1.165) is 114 Å². The Kier molecular flexibility index (Phi) is 53.9. The molecule has 19 heteroatoms. The topological polar surface area (TPSA) is 237 Å². The van der Waals surface area contributed by atoms with Gasteiger partial charge in [-0.1, -0.05) is 261 Å².